The number of sulfonamides is 1. The number of aliphatic carboxylic acids is 1. The van der Waals surface area contributed by atoms with Crippen LogP contribution in [0.2, 0.25) is 0 Å². The average Bonchev–Trinajstić information content (AvgIpc) is 2.94. The monoisotopic (exact) mass is 588 g/mol. The first-order valence-electron chi connectivity index (χ1n) is 14.4. The van der Waals surface area contributed by atoms with Gasteiger partial charge < -0.3 is 10.4 Å². The lowest BCUT2D eigenvalue weighted by molar-refractivity contribution is -0.139. The lowest BCUT2D eigenvalue weighted by atomic mass is 9.89. The summed E-state index contributed by atoms with van der Waals surface area (Å²) in [6.07, 6.45) is 9.25. The quantitative estimate of drug-likeness (QED) is 0.260. The molecule has 1 saturated carbocycles. The molecule has 9 heteroatoms. The summed E-state index contributed by atoms with van der Waals surface area (Å²) in [5, 5.41) is 12.4. The van der Waals surface area contributed by atoms with Crippen molar-refractivity contribution in [1.82, 2.24) is 9.62 Å². The van der Waals surface area contributed by atoms with Crippen LogP contribution in [0.25, 0.3) is 11.1 Å². The van der Waals surface area contributed by atoms with E-state index in [0.29, 0.717) is 42.2 Å². The number of hydrogen-bond donors (Lipinski definition) is 2. The second-order valence-corrected chi connectivity index (χ2v) is 13.9. The summed E-state index contributed by atoms with van der Waals surface area (Å²) in [4.78, 5) is 25.2. The molecule has 1 unspecified atom stereocenters. The highest BCUT2D eigenvalue weighted by Crippen LogP contribution is 2.30. The van der Waals surface area contributed by atoms with Crippen LogP contribution < -0.4 is 5.32 Å². The minimum absolute atomic E-state index is 0.133. The van der Waals surface area contributed by atoms with Gasteiger partial charge in [0.2, 0.25) is 10.0 Å². The van der Waals surface area contributed by atoms with Crippen molar-refractivity contribution in [2.45, 2.75) is 77.8 Å². The summed E-state index contributed by atoms with van der Waals surface area (Å²) in [6.45, 7) is 4.72. The Balaban J connectivity index is 1.98. The molecular formula is C31H44N2O5S2. The molecular weight excluding hydrogens is 544 g/mol. The van der Waals surface area contributed by atoms with E-state index in [1.165, 1.54) is 18.2 Å². The summed E-state index contributed by atoms with van der Waals surface area (Å²) in [5.41, 5.74) is 3.69. The number of carboxylic acids is 1. The number of nitrogens with zero attached hydrogens (tertiary/aromatic N) is 1. The average molecular weight is 589 g/mol. The van der Waals surface area contributed by atoms with Crippen LogP contribution in [0, 0.1) is 12.8 Å². The van der Waals surface area contributed by atoms with E-state index in [2.05, 4.69) is 5.32 Å². The second kappa shape index (κ2) is 15.6. The predicted molar refractivity (Wildman–Crippen MR) is 164 cm³/mol. The van der Waals surface area contributed by atoms with Gasteiger partial charge in [-0.15, -0.1) is 0 Å². The van der Waals surface area contributed by atoms with E-state index >= 15 is 0 Å². The molecule has 1 aliphatic rings. The number of carbonyl (C=O) groups is 2. The number of benzene rings is 2. The fourth-order valence-electron chi connectivity index (χ4n) is 5.31. The fourth-order valence-corrected chi connectivity index (χ4v) is 7.48. The predicted octanol–water partition coefficient (Wildman–Crippen LogP) is 6.11. The van der Waals surface area contributed by atoms with Crippen LogP contribution >= 0.6 is 11.8 Å². The van der Waals surface area contributed by atoms with Gasteiger partial charge in [0, 0.05) is 18.7 Å². The van der Waals surface area contributed by atoms with Crippen LogP contribution in [0.5, 0.6) is 0 Å². The molecule has 0 spiro atoms. The van der Waals surface area contributed by atoms with E-state index in [4.69, 9.17) is 0 Å². The molecule has 40 heavy (non-hydrogen) atoms. The first-order chi connectivity index (χ1) is 19.2. The van der Waals surface area contributed by atoms with Gasteiger partial charge in [-0.25, -0.2) is 13.2 Å². The Morgan fingerprint density at radius 3 is 2.48 bits per heavy atom. The zero-order valence-electron chi connectivity index (χ0n) is 24.0. The lowest BCUT2D eigenvalue weighted by Crippen LogP contribution is -2.41. The maximum atomic E-state index is 13.4. The third-order valence-corrected chi connectivity index (χ3v) is 10.2. The highest BCUT2D eigenvalue weighted by atomic mass is 32.2. The molecule has 1 atom stereocenters. The number of carboxylic acid groups (broad SMARTS) is 1. The van der Waals surface area contributed by atoms with Crippen molar-refractivity contribution in [2.24, 2.45) is 5.92 Å². The third kappa shape index (κ3) is 9.08. The molecule has 0 radical (unpaired) electrons. The van der Waals surface area contributed by atoms with Crippen molar-refractivity contribution in [3.63, 3.8) is 0 Å². The minimum atomic E-state index is -3.44. The molecule has 0 bridgehead atoms. The number of unbranched alkanes of at least 4 members (excludes halogenated alkanes) is 1. The van der Waals surface area contributed by atoms with E-state index in [1.54, 1.807) is 16.4 Å². The summed E-state index contributed by atoms with van der Waals surface area (Å²) in [7, 11) is -3.44. The Kier molecular flexibility index (Phi) is 12.5. The lowest BCUT2D eigenvalue weighted by Gasteiger charge is -2.29. The zero-order valence-corrected chi connectivity index (χ0v) is 25.7. The number of hydrogen-bond acceptors (Lipinski definition) is 5. The summed E-state index contributed by atoms with van der Waals surface area (Å²) < 4.78 is 28.5. The van der Waals surface area contributed by atoms with Gasteiger partial charge in [0.25, 0.3) is 5.91 Å². The summed E-state index contributed by atoms with van der Waals surface area (Å²) in [6, 6.07) is 12.2. The van der Waals surface area contributed by atoms with Crippen LogP contribution in [0.1, 0.15) is 79.8 Å². The number of rotatable bonds is 15. The number of carbonyl (C=O) groups excluding carboxylic acids is 1. The molecule has 220 valence electrons. The van der Waals surface area contributed by atoms with E-state index < -0.39 is 27.9 Å². The highest BCUT2D eigenvalue weighted by molar-refractivity contribution is 7.98. The van der Waals surface area contributed by atoms with Crippen LogP contribution in [0.15, 0.2) is 42.5 Å². The van der Waals surface area contributed by atoms with Gasteiger partial charge in [0.1, 0.15) is 6.04 Å². The zero-order chi connectivity index (χ0) is 29.1. The number of thioether (sulfide) groups is 1. The van der Waals surface area contributed by atoms with Crippen molar-refractivity contribution in [2.75, 3.05) is 24.3 Å². The molecule has 1 amide bonds. The first-order valence-corrected chi connectivity index (χ1v) is 17.4. The van der Waals surface area contributed by atoms with Crippen LogP contribution in [-0.2, 0) is 21.4 Å². The van der Waals surface area contributed by atoms with Gasteiger partial charge in [-0.05, 0) is 84.9 Å². The molecule has 0 saturated heterocycles. The van der Waals surface area contributed by atoms with Gasteiger partial charge >= 0.3 is 5.97 Å². The topological polar surface area (TPSA) is 104 Å². The van der Waals surface area contributed by atoms with Gasteiger partial charge in [-0.2, -0.15) is 16.1 Å². The molecule has 2 aromatic rings. The smallest absolute Gasteiger partial charge is 0.326 e. The Morgan fingerprint density at radius 2 is 1.82 bits per heavy atom. The molecule has 0 aromatic heterocycles. The standard InChI is InChI=1S/C31H44N2O5S2/c1-4-5-19-40(37,38)33(21-24-12-7-6-8-13-24)22-25-15-16-27(28(20-25)26-14-10-9-11-23(26)2)30(34)32-29(31(35)36)17-18-39-3/h9-11,14-16,20,24,29H,4-8,12-13,17-19,21-22H2,1-3H3,(H,32,34)(H,35,36). The van der Waals surface area contributed by atoms with Gasteiger partial charge in [0.15, 0.2) is 0 Å². The fraction of sp³-hybridized carbons (Fsp3) is 0.548. The van der Waals surface area contributed by atoms with Gasteiger partial charge in [-0.1, -0.05) is 62.9 Å². The molecule has 2 aromatic carbocycles. The highest BCUT2D eigenvalue weighted by Gasteiger charge is 2.27. The van der Waals surface area contributed by atoms with Crippen molar-refractivity contribution in [3.05, 3.63) is 59.2 Å². The Labute approximate surface area is 244 Å². The van der Waals surface area contributed by atoms with Gasteiger partial charge in [0.05, 0.1) is 5.75 Å². The number of amides is 1. The molecule has 1 aliphatic carbocycles. The van der Waals surface area contributed by atoms with Crippen molar-refractivity contribution in [1.29, 1.82) is 0 Å². The van der Waals surface area contributed by atoms with Gasteiger partial charge in [-0.3, -0.25) is 4.79 Å². The minimum Gasteiger partial charge on any atom is -0.480 e. The maximum absolute atomic E-state index is 13.4. The van der Waals surface area contributed by atoms with Crippen LogP contribution in [0.4, 0.5) is 0 Å². The van der Waals surface area contributed by atoms with E-state index in [9.17, 15) is 23.1 Å². The third-order valence-electron chi connectivity index (χ3n) is 7.67. The largest absolute Gasteiger partial charge is 0.480 e. The van der Waals surface area contributed by atoms with Crippen molar-refractivity contribution in [3.8, 4) is 11.1 Å². The SMILES string of the molecule is CCCCS(=O)(=O)N(Cc1ccc(C(=O)NC(CCSC)C(=O)O)c(-c2ccccc2C)c1)CC1CCCCC1. The second-order valence-electron chi connectivity index (χ2n) is 10.8. The normalized spacial score (nSPS) is 15.2. The Bertz CT molecular complexity index is 1240. The van der Waals surface area contributed by atoms with Crippen molar-refractivity contribution >= 4 is 33.7 Å². The molecule has 1 fully saturated rings. The van der Waals surface area contributed by atoms with E-state index in [1.807, 2.05) is 50.4 Å². The van der Waals surface area contributed by atoms with E-state index in [-0.39, 0.29) is 12.3 Å². The molecule has 7 nitrogen and oxygen atoms in total. The van der Waals surface area contributed by atoms with Crippen LogP contribution in [-0.4, -0.2) is 60.1 Å². The molecule has 2 N–H and O–H groups in total. The van der Waals surface area contributed by atoms with E-state index in [0.717, 1.165) is 48.8 Å². The maximum Gasteiger partial charge on any atom is 0.326 e. The first kappa shape index (κ1) is 32.2. The molecule has 0 aliphatic heterocycles. The van der Waals surface area contributed by atoms with Crippen molar-refractivity contribution < 1.29 is 23.1 Å². The Hall–Kier alpha value is -2.36. The summed E-state index contributed by atoms with van der Waals surface area (Å²) in [5.74, 6) is -0.404. The number of nitrogens with one attached hydrogen (secondary N) is 1. The Morgan fingerprint density at radius 1 is 1.10 bits per heavy atom. The van der Waals surface area contributed by atoms with Crippen LogP contribution in [0.3, 0.4) is 0 Å². The number of aryl methyl sites for hydroxylation is 1. The molecule has 3 rings (SSSR count). The summed E-state index contributed by atoms with van der Waals surface area (Å²) >= 11 is 1.53. The molecule has 0 heterocycles.